The van der Waals surface area contributed by atoms with Gasteiger partial charge in [0.25, 0.3) is 5.91 Å². The van der Waals surface area contributed by atoms with E-state index in [1.165, 1.54) is 11.0 Å². The Labute approximate surface area is 156 Å². The Balaban J connectivity index is 1.66. The normalized spacial score (nSPS) is 12.4. The zero-order valence-electron chi connectivity index (χ0n) is 15.3. The van der Waals surface area contributed by atoms with Crippen molar-refractivity contribution in [3.8, 4) is 11.5 Å². The van der Waals surface area contributed by atoms with Gasteiger partial charge in [0.1, 0.15) is 25.6 Å². The summed E-state index contributed by atoms with van der Waals surface area (Å²) in [6, 6.07) is 9.41. The van der Waals surface area contributed by atoms with Crippen LogP contribution in [0.4, 0.5) is 10.1 Å². The lowest BCUT2D eigenvalue weighted by molar-refractivity contribution is -0.116. The molecule has 0 spiro atoms. The highest BCUT2D eigenvalue weighted by Gasteiger charge is 2.19. The Morgan fingerprint density at radius 2 is 1.85 bits per heavy atom. The number of halogens is 1. The van der Waals surface area contributed by atoms with Crippen LogP contribution in [0.2, 0.25) is 0 Å². The topological polar surface area (TPSA) is 67.9 Å². The van der Waals surface area contributed by atoms with Crippen molar-refractivity contribution in [3.05, 3.63) is 53.3 Å². The maximum absolute atomic E-state index is 13.7. The van der Waals surface area contributed by atoms with Gasteiger partial charge in [-0.25, -0.2) is 4.39 Å². The number of nitrogens with one attached hydrogen (secondary N) is 1. The third kappa shape index (κ3) is 4.36. The summed E-state index contributed by atoms with van der Waals surface area (Å²) >= 11 is 0. The van der Waals surface area contributed by atoms with Gasteiger partial charge in [-0.15, -0.1) is 0 Å². The summed E-state index contributed by atoms with van der Waals surface area (Å²) in [4.78, 5) is 26.3. The predicted molar refractivity (Wildman–Crippen MR) is 98.8 cm³/mol. The van der Waals surface area contributed by atoms with Crippen molar-refractivity contribution >= 4 is 17.5 Å². The van der Waals surface area contributed by atoms with E-state index in [-0.39, 0.29) is 18.0 Å². The Morgan fingerprint density at radius 3 is 2.56 bits per heavy atom. The van der Waals surface area contributed by atoms with E-state index >= 15 is 0 Å². The molecule has 0 aliphatic carbocycles. The van der Waals surface area contributed by atoms with Crippen LogP contribution in [0.25, 0.3) is 0 Å². The van der Waals surface area contributed by atoms with Gasteiger partial charge in [0.15, 0.2) is 11.5 Å². The Hall–Kier alpha value is -3.09. The van der Waals surface area contributed by atoms with Gasteiger partial charge in [0.2, 0.25) is 5.91 Å². The summed E-state index contributed by atoms with van der Waals surface area (Å²) in [6.45, 7) is 4.52. The number of anilines is 1. The van der Waals surface area contributed by atoms with Gasteiger partial charge in [-0.2, -0.15) is 0 Å². The van der Waals surface area contributed by atoms with Crippen LogP contribution in [0.1, 0.15) is 22.8 Å². The van der Waals surface area contributed by atoms with E-state index in [0.717, 1.165) is 0 Å². The second kappa shape index (κ2) is 8.07. The highest BCUT2D eigenvalue weighted by atomic mass is 19.1. The highest BCUT2D eigenvalue weighted by Crippen LogP contribution is 2.32. The van der Waals surface area contributed by atoms with Crippen LogP contribution in [0.15, 0.2) is 36.4 Å². The number of hydrogen-bond donors (Lipinski definition) is 1. The molecule has 0 saturated heterocycles. The van der Waals surface area contributed by atoms with Crippen molar-refractivity contribution in [1.82, 2.24) is 4.90 Å². The standard InChI is InChI=1S/C20H21FN2O4/c1-3-23(20(25)14-5-4-13(2)16(21)10-14)12-19(24)22-15-6-7-17-18(11-15)27-9-8-26-17/h4-7,10-11H,3,8-9,12H2,1-2H3,(H,22,24). The van der Waals surface area contributed by atoms with Gasteiger partial charge < -0.3 is 19.7 Å². The summed E-state index contributed by atoms with van der Waals surface area (Å²) in [5, 5.41) is 2.74. The molecule has 0 unspecified atom stereocenters. The van der Waals surface area contributed by atoms with Crippen molar-refractivity contribution in [2.75, 3.05) is 31.6 Å². The van der Waals surface area contributed by atoms with Crippen molar-refractivity contribution in [2.24, 2.45) is 0 Å². The van der Waals surface area contributed by atoms with Crippen LogP contribution in [0.5, 0.6) is 11.5 Å². The van der Waals surface area contributed by atoms with Crippen molar-refractivity contribution in [3.63, 3.8) is 0 Å². The van der Waals surface area contributed by atoms with E-state index in [9.17, 15) is 14.0 Å². The Bertz CT molecular complexity index is 869. The molecule has 0 bridgehead atoms. The van der Waals surface area contributed by atoms with E-state index in [0.29, 0.717) is 42.5 Å². The zero-order valence-corrected chi connectivity index (χ0v) is 15.3. The molecule has 1 aliphatic heterocycles. The number of hydrogen-bond acceptors (Lipinski definition) is 4. The fourth-order valence-electron chi connectivity index (χ4n) is 2.73. The maximum atomic E-state index is 13.7. The van der Waals surface area contributed by atoms with E-state index in [4.69, 9.17) is 9.47 Å². The molecule has 0 fully saturated rings. The zero-order chi connectivity index (χ0) is 19.4. The quantitative estimate of drug-likeness (QED) is 0.876. The second-order valence-corrected chi connectivity index (χ2v) is 6.19. The summed E-state index contributed by atoms with van der Waals surface area (Å²) in [6.07, 6.45) is 0. The third-order valence-corrected chi connectivity index (χ3v) is 4.25. The van der Waals surface area contributed by atoms with Crippen LogP contribution >= 0.6 is 0 Å². The fourth-order valence-corrected chi connectivity index (χ4v) is 2.73. The van der Waals surface area contributed by atoms with Crippen LogP contribution < -0.4 is 14.8 Å². The number of ether oxygens (including phenoxy) is 2. The van der Waals surface area contributed by atoms with Gasteiger partial charge in [0, 0.05) is 23.9 Å². The Morgan fingerprint density at radius 1 is 1.11 bits per heavy atom. The molecule has 2 amide bonds. The number of benzene rings is 2. The molecular formula is C20H21FN2O4. The monoisotopic (exact) mass is 372 g/mol. The molecule has 2 aromatic rings. The first-order valence-electron chi connectivity index (χ1n) is 8.73. The van der Waals surface area contributed by atoms with E-state index < -0.39 is 11.7 Å². The van der Waals surface area contributed by atoms with Gasteiger partial charge in [-0.1, -0.05) is 6.07 Å². The number of carbonyl (C=O) groups excluding carboxylic acids is 2. The van der Waals surface area contributed by atoms with Crippen LogP contribution in [0, 0.1) is 12.7 Å². The number of likely N-dealkylation sites (N-methyl/N-ethyl adjacent to an activating group) is 1. The van der Waals surface area contributed by atoms with Crippen molar-refractivity contribution in [2.45, 2.75) is 13.8 Å². The Kier molecular flexibility index (Phi) is 5.59. The van der Waals surface area contributed by atoms with Crippen LogP contribution in [-0.2, 0) is 4.79 Å². The molecule has 0 atom stereocenters. The molecule has 0 radical (unpaired) electrons. The minimum absolute atomic E-state index is 0.140. The highest BCUT2D eigenvalue weighted by molar-refractivity contribution is 5.99. The number of amides is 2. The summed E-state index contributed by atoms with van der Waals surface area (Å²) in [7, 11) is 0. The number of fused-ring (bicyclic) bond motifs is 1. The van der Waals surface area contributed by atoms with E-state index in [2.05, 4.69) is 5.32 Å². The predicted octanol–water partition coefficient (Wildman–Crippen LogP) is 3.01. The second-order valence-electron chi connectivity index (χ2n) is 6.19. The lowest BCUT2D eigenvalue weighted by Gasteiger charge is -2.21. The number of nitrogens with zero attached hydrogens (tertiary/aromatic N) is 1. The first kappa shape index (κ1) is 18.7. The molecule has 0 saturated carbocycles. The average Bonchev–Trinajstić information content (AvgIpc) is 2.67. The summed E-state index contributed by atoms with van der Waals surface area (Å²) < 4.78 is 24.7. The van der Waals surface area contributed by atoms with Gasteiger partial charge in [0.05, 0.1) is 0 Å². The minimum Gasteiger partial charge on any atom is -0.486 e. The molecule has 1 aliphatic rings. The fraction of sp³-hybridized carbons (Fsp3) is 0.300. The molecule has 3 rings (SSSR count). The lowest BCUT2D eigenvalue weighted by Crippen LogP contribution is -2.38. The first-order chi connectivity index (χ1) is 13.0. The van der Waals surface area contributed by atoms with E-state index in [1.807, 2.05) is 0 Å². The summed E-state index contributed by atoms with van der Waals surface area (Å²) in [5.41, 5.74) is 1.23. The number of carbonyl (C=O) groups is 2. The average molecular weight is 372 g/mol. The van der Waals surface area contributed by atoms with Gasteiger partial charge in [-0.05, 0) is 43.7 Å². The number of rotatable bonds is 5. The lowest BCUT2D eigenvalue weighted by atomic mass is 10.1. The SMILES string of the molecule is CCN(CC(=O)Nc1ccc2c(c1)OCCO2)C(=O)c1ccc(C)c(F)c1. The maximum Gasteiger partial charge on any atom is 0.254 e. The third-order valence-electron chi connectivity index (χ3n) is 4.25. The minimum atomic E-state index is -0.447. The molecule has 2 aromatic carbocycles. The molecule has 0 aromatic heterocycles. The number of aryl methyl sites for hydroxylation is 1. The molecule has 1 heterocycles. The molecule has 1 N–H and O–H groups in total. The van der Waals surface area contributed by atoms with Crippen LogP contribution in [0.3, 0.4) is 0 Å². The van der Waals surface area contributed by atoms with Crippen LogP contribution in [-0.4, -0.2) is 43.0 Å². The van der Waals surface area contributed by atoms with Gasteiger partial charge >= 0.3 is 0 Å². The van der Waals surface area contributed by atoms with E-state index in [1.54, 1.807) is 44.2 Å². The smallest absolute Gasteiger partial charge is 0.254 e. The molecule has 27 heavy (non-hydrogen) atoms. The molecular weight excluding hydrogens is 351 g/mol. The van der Waals surface area contributed by atoms with Gasteiger partial charge in [-0.3, -0.25) is 9.59 Å². The van der Waals surface area contributed by atoms with Crippen molar-refractivity contribution < 1.29 is 23.5 Å². The largest absolute Gasteiger partial charge is 0.486 e. The molecule has 142 valence electrons. The summed E-state index contributed by atoms with van der Waals surface area (Å²) in [5.74, 6) is 0.00410. The molecule has 7 heteroatoms. The van der Waals surface area contributed by atoms with Crippen molar-refractivity contribution in [1.29, 1.82) is 0 Å². The first-order valence-corrected chi connectivity index (χ1v) is 8.73. The molecule has 6 nitrogen and oxygen atoms in total.